The lowest BCUT2D eigenvalue weighted by Gasteiger charge is -2.44. The molecule has 0 aliphatic carbocycles. The van der Waals surface area contributed by atoms with Crippen LogP contribution in [0.2, 0.25) is 0 Å². The van der Waals surface area contributed by atoms with Crippen LogP contribution in [-0.2, 0) is 4.79 Å². The maximum Gasteiger partial charge on any atom is 0.320 e. The minimum absolute atomic E-state index is 0.0877. The average molecular weight is 314 g/mol. The van der Waals surface area contributed by atoms with E-state index in [4.69, 9.17) is 0 Å². The van der Waals surface area contributed by atoms with Crippen LogP contribution >= 0.6 is 11.8 Å². The van der Waals surface area contributed by atoms with Gasteiger partial charge in [-0.15, -0.1) is 0 Å². The number of urea groups is 1. The second-order valence-corrected chi connectivity index (χ2v) is 7.70. The first-order valence-corrected chi connectivity index (χ1v) is 8.86. The summed E-state index contributed by atoms with van der Waals surface area (Å²) in [6.07, 6.45) is 1.77. The molecule has 5 nitrogen and oxygen atoms in total. The number of carbonyl (C=O) groups is 2. The molecule has 0 aromatic heterocycles. The van der Waals surface area contributed by atoms with Gasteiger partial charge in [0.15, 0.2) is 0 Å². The van der Waals surface area contributed by atoms with Gasteiger partial charge in [0.1, 0.15) is 0 Å². The van der Waals surface area contributed by atoms with Gasteiger partial charge < -0.3 is 14.9 Å². The number of hydrogen-bond acceptors (Lipinski definition) is 3. The van der Waals surface area contributed by atoms with Crippen molar-refractivity contribution in [2.75, 3.05) is 25.4 Å². The molecule has 0 radical (unpaired) electrons. The van der Waals surface area contributed by atoms with Crippen LogP contribution in [0.3, 0.4) is 0 Å². The zero-order chi connectivity index (χ0) is 15.6. The summed E-state index contributed by atoms with van der Waals surface area (Å²) in [6, 6.07) is 0.332. The Hall–Kier alpha value is -0.910. The molecular formula is C15H26N2O3S. The lowest BCUT2D eigenvalue weighted by molar-refractivity contribution is -0.152. The monoisotopic (exact) mass is 314 g/mol. The van der Waals surface area contributed by atoms with Gasteiger partial charge in [0.25, 0.3) is 0 Å². The molecule has 6 heteroatoms. The van der Waals surface area contributed by atoms with Crippen LogP contribution in [0.25, 0.3) is 0 Å². The summed E-state index contributed by atoms with van der Waals surface area (Å²) in [5.41, 5.74) is -0.632. The molecule has 0 bridgehead atoms. The minimum atomic E-state index is -0.714. The molecule has 2 rings (SSSR count). The van der Waals surface area contributed by atoms with Crippen molar-refractivity contribution < 1.29 is 14.7 Å². The molecule has 1 N–H and O–H groups in total. The largest absolute Gasteiger partial charge is 0.481 e. The lowest BCUT2D eigenvalue weighted by Crippen LogP contribution is -2.56. The smallest absolute Gasteiger partial charge is 0.320 e. The number of carbonyl (C=O) groups excluding carboxylic acids is 1. The fourth-order valence-electron chi connectivity index (χ4n) is 3.23. The van der Waals surface area contributed by atoms with Gasteiger partial charge in [-0.3, -0.25) is 4.79 Å². The Bertz CT molecular complexity index is 408. The summed E-state index contributed by atoms with van der Waals surface area (Å²) in [5, 5.41) is 9.88. The first-order chi connectivity index (χ1) is 9.91. The Labute approximate surface area is 131 Å². The van der Waals surface area contributed by atoms with Crippen LogP contribution in [0.1, 0.15) is 40.0 Å². The summed E-state index contributed by atoms with van der Waals surface area (Å²) < 4.78 is 0. The van der Waals surface area contributed by atoms with Crippen molar-refractivity contribution in [1.29, 1.82) is 0 Å². The van der Waals surface area contributed by atoms with Gasteiger partial charge in [-0.2, -0.15) is 11.8 Å². The predicted molar refractivity (Wildman–Crippen MR) is 84.7 cm³/mol. The molecule has 120 valence electrons. The topological polar surface area (TPSA) is 60.9 Å². The van der Waals surface area contributed by atoms with Gasteiger partial charge in [-0.1, -0.05) is 13.8 Å². The van der Waals surface area contributed by atoms with Crippen molar-refractivity contribution in [3.8, 4) is 0 Å². The van der Waals surface area contributed by atoms with E-state index in [0.717, 1.165) is 12.3 Å². The van der Waals surface area contributed by atoms with Crippen LogP contribution in [0.4, 0.5) is 4.79 Å². The van der Waals surface area contributed by atoms with Gasteiger partial charge in [0.05, 0.1) is 5.41 Å². The van der Waals surface area contributed by atoms with Crippen LogP contribution in [-0.4, -0.2) is 63.6 Å². The van der Waals surface area contributed by atoms with Gasteiger partial charge in [-0.05, 0) is 26.2 Å². The van der Waals surface area contributed by atoms with Crippen molar-refractivity contribution in [3.63, 3.8) is 0 Å². The van der Waals surface area contributed by atoms with Crippen molar-refractivity contribution in [2.45, 2.75) is 51.3 Å². The first kappa shape index (κ1) is 16.5. The average Bonchev–Trinajstić information content (AvgIpc) is 2.49. The third kappa shape index (κ3) is 3.15. The summed E-state index contributed by atoms with van der Waals surface area (Å²) in [4.78, 5) is 27.9. The second kappa shape index (κ2) is 6.46. The quantitative estimate of drug-likeness (QED) is 0.851. The molecule has 2 atom stereocenters. The highest BCUT2D eigenvalue weighted by Gasteiger charge is 2.42. The number of rotatable bonds is 2. The Morgan fingerprint density at radius 3 is 2.38 bits per heavy atom. The zero-order valence-corrected chi connectivity index (χ0v) is 14.0. The Morgan fingerprint density at radius 2 is 1.86 bits per heavy atom. The Morgan fingerprint density at radius 1 is 1.24 bits per heavy atom. The molecule has 2 heterocycles. The van der Waals surface area contributed by atoms with Crippen molar-refractivity contribution in [1.82, 2.24) is 9.80 Å². The summed E-state index contributed by atoms with van der Waals surface area (Å²) >= 11 is 1.91. The van der Waals surface area contributed by atoms with E-state index in [-0.39, 0.29) is 12.1 Å². The van der Waals surface area contributed by atoms with Crippen molar-refractivity contribution >= 4 is 23.8 Å². The highest BCUT2D eigenvalue weighted by atomic mass is 32.2. The number of hydrogen-bond donors (Lipinski definition) is 1. The molecule has 2 saturated heterocycles. The van der Waals surface area contributed by atoms with E-state index in [1.807, 2.05) is 28.5 Å². The maximum absolute atomic E-state index is 12.7. The molecule has 0 spiro atoms. The fourth-order valence-corrected chi connectivity index (χ4v) is 4.33. The van der Waals surface area contributed by atoms with Crippen molar-refractivity contribution in [2.24, 2.45) is 5.41 Å². The zero-order valence-electron chi connectivity index (χ0n) is 13.2. The summed E-state index contributed by atoms with van der Waals surface area (Å²) in [5.74, 6) is 0.271. The maximum atomic E-state index is 12.7. The molecule has 2 unspecified atom stereocenters. The van der Waals surface area contributed by atoms with Gasteiger partial charge in [0, 0.05) is 36.7 Å². The number of likely N-dealkylation sites (tertiary alicyclic amines) is 1. The highest BCUT2D eigenvalue weighted by Crippen LogP contribution is 2.36. The second-order valence-electron chi connectivity index (χ2n) is 6.22. The van der Waals surface area contributed by atoms with E-state index in [1.54, 1.807) is 0 Å². The molecule has 2 aliphatic rings. The number of carboxylic acids is 1. The summed E-state index contributed by atoms with van der Waals surface area (Å²) in [7, 11) is 0. The molecule has 2 aliphatic heterocycles. The molecular weight excluding hydrogens is 288 g/mol. The number of aliphatic carboxylic acids is 1. The molecule has 0 aromatic rings. The number of carboxylic acid groups (broad SMARTS) is 1. The van der Waals surface area contributed by atoms with Crippen molar-refractivity contribution in [3.05, 3.63) is 0 Å². The molecule has 2 amide bonds. The van der Waals surface area contributed by atoms with E-state index in [2.05, 4.69) is 13.8 Å². The highest BCUT2D eigenvalue weighted by molar-refractivity contribution is 8.00. The van der Waals surface area contributed by atoms with Crippen LogP contribution in [0.15, 0.2) is 0 Å². The summed E-state index contributed by atoms with van der Waals surface area (Å²) in [6.45, 7) is 8.11. The Kier molecular flexibility index (Phi) is 5.07. The number of nitrogens with zero attached hydrogens (tertiary/aromatic N) is 2. The van der Waals surface area contributed by atoms with Crippen LogP contribution in [0.5, 0.6) is 0 Å². The number of piperidine rings is 1. The molecule has 0 aromatic carbocycles. The van der Waals surface area contributed by atoms with Crippen LogP contribution in [0, 0.1) is 5.41 Å². The van der Waals surface area contributed by atoms with E-state index in [0.29, 0.717) is 37.6 Å². The van der Waals surface area contributed by atoms with E-state index in [9.17, 15) is 14.7 Å². The molecule has 21 heavy (non-hydrogen) atoms. The standard InChI is InChI=1S/C15H26N2O3S/c1-4-15(13(18)19)5-7-16(8-6-15)14(20)17-9-10-21-12(3)11(17)2/h11-12H,4-10H2,1-3H3,(H,18,19). The van der Waals surface area contributed by atoms with Gasteiger partial charge >= 0.3 is 12.0 Å². The number of amides is 2. The third-order valence-electron chi connectivity index (χ3n) is 5.25. The van der Waals surface area contributed by atoms with Gasteiger partial charge in [0.2, 0.25) is 0 Å². The van der Waals surface area contributed by atoms with Gasteiger partial charge in [-0.25, -0.2) is 4.79 Å². The molecule has 0 saturated carbocycles. The normalized spacial score (nSPS) is 29.3. The minimum Gasteiger partial charge on any atom is -0.481 e. The first-order valence-electron chi connectivity index (χ1n) is 7.82. The van der Waals surface area contributed by atoms with Crippen LogP contribution < -0.4 is 0 Å². The SMILES string of the molecule is CCC1(C(=O)O)CCN(C(=O)N2CCSC(C)C2C)CC1. The lowest BCUT2D eigenvalue weighted by atomic mass is 9.76. The third-order valence-corrected chi connectivity index (χ3v) is 6.59. The number of thioether (sulfide) groups is 1. The predicted octanol–water partition coefficient (Wildman–Crippen LogP) is 2.51. The van der Waals surface area contributed by atoms with E-state index < -0.39 is 11.4 Å². The fraction of sp³-hybridized carbons (Fsp3) is 0.867. The van der Waals surface area contributed by atoms with E-state index >= 15 is 0 Å². The van der Waals surface area contributed by atoms with E-state index in [1.165, 1.54) is 0 Å². The molecule has 2 fully saturated rings. The Balaban J connectivity index is 1.98.